The molecule has 0 spiro atoms. The van der Waals surface area contributed by atoms with Crippen LogP contribution in [-0.2, 0) is 16.0 Å². The molecule has 0 aromatic heterocycles. The van der Waals surface area contributed by atoms with Crippen LogP contribution in [0.4, 0.5) is 4.39 Å². The van der Waals surface area contributed by atoms with Gasteiger partial charge in [0.15, 0.2) is 0 Å². The second kappa shape index (κ2) is 7.88. The van der Waals surface area contributed by atoms with Crippen LogP contribution in [0.2, 0.25) is 0 Å². The van der Waals surface area contributed by atoms with Crippen molar-refractivity contribution in [2.45, 2.75) is 44.2 Å². The standard InChI is InChI=1S/C18H25FN2O2/c19-15-4-1-3-14(11-15)8-9-21(16-6-7-16)13-18(22)20-12-17-5-2-10-23-17/h1,3-4,11,16-17H,2,5-10,12-13H2,(H,20,22). The number of rotatable bonds is 8. The highest BCUT2D eigenvalue weighted by Crippen LogP contribution is 2.26. The van der Waals surface area contributed by atoms with Crippen LogP contribution in [0.15, 0.2) is 24.3 Å². The summed E-state index contributed by atoms with van der Waals surface area (Å²) in [5, 5.41) is 2.98. The van der Waals surface area contributed by atoms with Crippen LogP contribution in [0.3, 0.4) is 0 Å². The summed E-state index contributed by atoms with van der Waals surface area (Å²) in [6.45, 7) is 2.64. The molecule has 4 nitrogen and oxygen atoms in total. The Bertz CT molecular complexity index is 528. The van der Waals surface area contributed by atoms with E-state index in [0.717, 1.165) is 50.8 Å². The zero-order valence-corrected chi connectivity index (χ0v) is 13.5. The number of nitrogens with zero attached hydrogens (tertiary/aromatic N) is 1. The van der Waals surface area contributed by atoms with Crippen molar-refractivity contribution in [2.75, 3.05) is 26.2 Å². The lowest BCUT2D eigenvalue weighted by Crippen LogP contribution is -2.41. The molecule has 1 atom stereocenters. The van der Waals surface area contributed by atoms with E-state index in [1.807, 2.05) is 6.07 Å². The predicted octanol–water partition coefficient (Wildman–Crippen LogP) is 2.13. The van der Waals surface area contributed by atoms with Crippen LogP contribution < -0.4 is 5.32 Å². The summed E-state index contributed by atoms with van der Waals surface area (Å²) in [6.07, 6.45) is 5.38. The van der Waals surface area contributed by atoms with Crippen molar-refractivity contribution < 1.29 is 13.9 Å². The van der Waals surface area contributed by atoms with Crippen LogP contribution in [0, 0.1) is 5.82 Å². The minimum Gasteiger partial charge on any atom is -0.376 e. The van der Waals surface area contributed by atoms with Crippen LogP contribution in [0.25, 0.3) is 0 Å². The molecule has 1 saturated carbocycles. The summed E-state index contributed by atoms with van der Waals surface area (Å²) in [5.41, 5.74) is 0.982. The second-order valence-corrected chi connectivity index (χ2v) is 6.52. The number of hydrogen-bond acceptors (Lipinski definition) is 3. The second-order valence-electron chi connectivity index (χ2n) is 6.52. The van der Waals surface area contributed by atoms with E-state index in [2.05, 4.69) is 10.2 Å². The molecular formula is C18H25FN2O2. The molecule has 3 rings (SSSR count). The van der Waals surface area contributed by atoms with Crippen LogP contribution >= 0.6 is 0 Å². The summed E-state index contributed by atoms with van der Waals surface area (Å²) in [7, 11) is 0. The quantitative estimate of drug-likeness (QED) is 0.798. The summed E-state index contributed by atoms with van der Waals surface area (Å²) < 4.78 is 18.8. The van der Waals surface area contributed by atoms with Crippen molar-refractivity contribution in [3.63, 3.8) is 0 Å². The Labute approximate surface area is 137 Å². The van der Waals surface area contributed by atoms with Gasteiger partial charge >= 0.3 is 0 Å². The molecule has 0 bridgehead atoms. The molecule has 23 heavy (non-hydrogen) atoms. The summed E-state index contributed by atoms with van der Waals surface area (Å²) in [6, 6.07) is 7.21. The zero-order valence-electron chi connectivity index (χ0n) is 13.5. The molecule has 126 valence electrons. The Hall–Kier alpha value is -1.46. The van der Waals surface area contributed by atoms with Crippen molar-refractivity contribution in [3.8, 4) is 0 Å². The van der Waals surface area contributed by atoms with Gasteiger partial charge in [-0.15, -0.1) is 0 Å². The molecule has 1 N–H and O–H groups in total. The molecule has 5 heteroatoms. The van der Waals surface area contributed by atoms with Crippen molar-refractivity contribution in [3.05, 3.63) is 35.6 Å². The number of carbonyl (C=O) groups is 1. The van der Waals surface area contributed by atoms with Crippen molar-refractivity contribution in [2.24, 2.45) is 0 Å². The highest BCUT2D eigenvalue weighted by atomic mass is 19.1. The third kappa shape index (κ3) is 5.29. The number of amides is 1. The fraction of sp³-hybridized carbons (Fsp3) is 0.611. The monoisotopic (exact) mass is 320 g/mol. The average Bonchev–Trinajstić information content (AvgIpc) is 3.25. The zero-order chi connectivity index (χ0) is 16.1. The summed E-state index contributed by atoms with van der Waals surface area (Å²) >= 11 is 0. The van der Waals surface area contributed by atoms with Crippen molar-refractivity contribution >= 4 is 5.91 Å². The fourth-order valence-electron chi connectivity index (χ4n) is 3.07. The molecule has 1 amide bonds. The van der Waals surface area contributed by atoms with Crippen molar-refractivity contribution in [1.82, 2.24) is 10.2 Å². The molecule has 2 fully saturated rings. The van der Waals surface area contributed by atoms with E-state index in [1.165, 1.54) is 6.07 Å². The molecule has 1 aliphatic carbocycles. The predicted molar refractivity (Wildman–Crippen MR) is 86.7 cm³/mol. The Morgan fingerprint density at radius 2 is 2.22 bits per heavy atom. The number of benzene rings is 1. The Kier molecular flexibility index (Phi) is 5.62. The normalized spacial score (nSPS) is 20.9. The maximum absolute atomic E-state index is 13.2. The van der Waals surface area contributed by atoms with Gasteiger partial charge in [0.25, 0.3) is 0 Å². The van der Waals surface area contributed by atoms with E-state index >= 15 is 0 Å². The molecule has 1 heterocycles. The van der Waals surface area contributed by atoms with Gasteiger partial charge in [-0.05, 0) is 49.8 Å². The topological polar surface area (TPSA) is 41.6 Å². The Balaban J connectivity index is 1.43. The lowest BCUT2D eigenvalue weighted by molar-refractivity contribution is -0.122. The lowest BCUT2D eigenvalue weighted by atomic mass is 10.1. The molecule has 1 saturated heterocycles. The largest absolute Gasteiger partial charge is 0.376 e. The average molecular weight is 320 g/mol. The van der Waals surface area contributed by atoms with Gasteiger partial charge in [-0.1, -0.05) is 12.1 Å². The minimum atomic E-state index is -0.199. The summed E-state index contributed by atoms with van der Waals surface area (Å²) in [4.78, 5) is 14.4. The SMILES string of the molecule is O=C(CN(CCc1cccc(F)c1)C1CC1)NCC1CCCO1. The highest BCUT2D eigenvalue weighted by molar-refractivity contribution is 5.78. The van der Waals surface area contributed by atoms with Crippen molar-refractivity contribution in [1.29, 1.82) is 0 Å². The van der Waals surface area contributed by atoms with Crippen LogP contribution in [0.1, 0.15) is 31.2 Å². The number of halogens is 1. The first-order chi connectivity index (χ1) is 11.2. The molecule has 1 unspecified atom stereocenters. The maximum Gasteiger partial charge on any atom is 0.234 e. The Morgan fingerprint density at radius 3 is 2.91 bits per heavy atom. The minimum absolute atomic E-state index is 0.0617. The first-order valence-electron chi connectivity index (χ1n) is 8.57. The molecule has 2 aliphatic rings. The van der Waals surface area contributed by atoms with E-state index in [9.17, 15) is 9.18 Å². The molecule has 1 aromatic rings. The van der Waals surface area contributed by atoms with Gasteiger partial charge in [0.2, 0.25) is 5.91 Å². The first-order valence-corrected chi connectivity index (χ1v) is 8.57. The number of nitrogens with one attached hydrogen (secondary N) is 1. The lowest BCUT2D eigenvalue weighted by Gasteiger charge is -2.22. The number of carbonyl (C=O) groups excluding carboxylic acids is 1. The van der Waals surface area contributed by atoms with Gasteiger partial charge in [-0.2, -0.15) is 0 Å². The molecule has 1 aliphatic heterocycles. The van der Waals surface area contributed by atoms with Gasteiger partial charge < -0.3 is 10.1 Å². The smallest absolute Gasteiger partial charge is 0.234 e. The van der Waals surface area contributed by atoms with Gasteiger partial charge in [-0.3, -0.25) is 9.69 Å². The Morgan fingerprint density at radius 1 is 1.35 bits per heavy atom. The van der Waals surface area contributed by atoms with E-state index < -0.39 is 0 Å². The molecule has 1 aromatic carbocycles. The molecular weight excluding hydrogens is 295 g/mol. The maximum atomic E-state index is 13.2. The van der Waals surface area contributed by atoms with E-state index in [1.54, 1.807) is 12.1 Å². The fourth-order valence-corrected chi connectivity index (χ4v) is 3.07. The van der Waals surface area contributed by atoms with Gasteiger partial charge in [0.05, 0.1) is 12.6 Å². The third-order valence-corrected chi connectivity index (χ3v) is 4.54. The molecule has 0 radical (unpaired) electrons. The first kappa shape index (κ1) is 16.4. The van der Waals surface area contributed by atoms with E-state index in [-0.39, 0.29) is 17.8 Å². The highest BCUT2D eigenvalue weighted by Gasteiger charge is 2.30. The number of hydrogen-bond donors (Lipinski definition) is 1. The van der Waals surface area contributed by atoms with E-state index in [4.69, 9.17) is 4.74 Å². The third-order valence-electron chi connectivity index (χ3n) is 4.54. The summed E-state index contributed by atoms with van der Waals surface area (Å²) in [5.74, 6) is -0.138. The van der Waals surface area contributed by atoms with Gasteiger partial charge in [0, 0.05) is 25.7 Å². The van der Waals surface area contributed by atoms with E-state index in [0.29, 0.717) is 19.1 Å². The van der Waals surface area contributed by atoms with Crippen LogP contribution in [0.5, 0.6) is 0 Å². The van der Waals surface area contributed by atoms with Gasteiger partial charge in [-0.25, -0.2) is 4.39 Å². The van der Waals surface area contributed by atoms with Crippen LogP contribution in [-0.4, -0.2) is 49.2 Å². The number of ether oxygens (including phenoxy) is 1. The van der Waals surface area contributed by atoms with Gasteiger partial charge in [0.1, 0.15) is 5.82 Å².